The van der Waals surface area contributed by atoms with Crippen molar-refractivity contribution in [1.82, 2.24) is 5.32 Å². The number of allylic oxidation sites excluding steroid dienone is 2. The Kier molecular flexibility index (Phi) is 9.50. The van der Waals surface area contributed by atoms with Gasteiger partial charge in [-0.05, 0) is 54.1 Å². The molecule has 12 heteroatoms. The molecule has 39 heavy (non-hydrogen) atoms. The van der Waals surface area contributed by atoms with Crippen LogP contribution in [0.1, 0.15) is 43.1 Å². The van der Waals surface area contributed by atoms with Gasteiger partial charge in [0.25, 0.3) is 5.91 Å². The Hall–Kier alpha value is -4.15. The van der Waals surface area contributed by atoms with Gasteiger partial charge in [0.15, 0.2) is 11.6 Å². The molecule has 0 aliphatic carbocycles. The standard InChI is InChI=1S/C27H18Cl2F3NO6/c28-19-11-18(12-20(29)13-19)23(34)14-22(15-5-7-21(8-6-15)39-27(30,31)32)25(37)16-1-3-17(4-2-16)26(38)33-10-9-24(35)36/h1-8,11-14H,9-10H2,(H,33,38)(H,35,36)/b22-14+. The van der Waals surface area contributed by atoms with Crippen molar-refractivity contribution in [3.05, 3.63) is 105 Å². The topological polar surface area (TPSA) is 110 Å². The van der Waals surface area contributed by atoms with E-state index >= 15 is 0 Å². The Labute approximate surface area is 229 Å². The highest BCUT2D eigenvalue weighted by Gasteiger charge is 2.31. The smallest absolute Gasteiger partial charge is 0.481 e. The number of carboxylic acid groups (broad SMARTS) is 1. The summed E-state index contributed by atoms with van der Waals surface area (Å²) in [6.45, 7) is -0.0919. The number of halogens is 5. The third-order valence-electron chi connectivity index (χ3n) is 5.10. The van der Waals surface area contributed by atoms with Gasteiger partial charge in [-0.25, -0.2) is 0 Å². The molecule has 0 heterocycles. The van der Waals surface area contributed by atoms with Crippen LogP contribution >= 0.6 is 23.2 Å². The lowest BCUT2D eigenvalue weighted by atomic mass is 9.94. The number of alkyl halides is 3. The van der Waals surface area contributed by atoms with Crippen molar-refractivity contribution in [2.45, 2.75) is 12.8 Å². The minimum Gasteiger partial charge on any atom is -0.481 e. The lowest BCUT2D eigenvalue weighted by Crippen LogP contribution is -2.26. The quantitative estimate of drug-likeness (QED) is 0.217. The molecular weight excluding hydrogens is 562 g/mol. The first-order valence-electron chi connectivity index (χ1n) is 11.1. The zero-order chi connectivity index (χ0) is 28.7. The van der Waals surface area contributed by atoms with E-state index in [1.807, 2.05) is 0 Å². The minimum absolute atomic E-state index is 0.0656. The SMILES string of the molecule is O=C(O)CCNC(=O)c1ccc(C(=O)/C(=C/C(=O)c2cc(Cl)cc(Cl)c2)c2ccc(OC(F)(F)F)cc2)cc1. The lowest BCUT2D eigenvalue weighted by Gasteiger charge is -2.11. The van der Waals surface area contributed by atoms with E-state index in [9.17, 15) is 32.3 Å². The summed E-state index contributed by atoms with van der Waals surface area (Å²) >= 11 is 11.9. The van der Waals surface area contributed by atoms with Crippen LogP contribution in [0.25, 0.3) is 5.57 Å². The van der Waals surface area contributed by atoms with Crippen LogP contribution in [-0.2, 0) is 4.79 Å². The number of carbonyl (C=O) groups excluding carboxylic acids is 3. The summed E-state index contributed by atoms with van der Waals surface area (Å²) in [6.07, 6.45) is -4.18. The van der Waals surface area contributed by atoms with Crippen LogP contribution in [0.15, 0.2) is 72.8 Å². The fraction of sp³-hybridized carbons (Fsp3) is 0.111. The van der Waals surface area contributed by atoms with E-state index in [1.54, 1.807) is 0 Å². The summed E-state index contributed by atoms with van der Waals surface area (Å²) in [5.74, 6) is -3.47. The molecule has 0 bridgehead atoms. The number of nitrogens with one attached hydrogen (secondary N) is 1. The largest absolute Gasteiger partial charge is 0.573 e. The molecule has 2 N–H and O–H groups in total. The van der Waals surface area contributed by atoms with E-state index in [0.29, 0.717) is 0 Å². The summed E-state index contributed by atoms with van der Waals surface area (Å²) in [4.78, 5) is 49.2. The number of ether oxygens (including phenoxy) is 1. The molecule has 3 aromatic carbocycles. The molecule has 202 valence electrons. The first kappa shape index (κ1) is 29.4. The zero-order valence-electron chi connectivity index (χ0n) is 19.7. The predicted molar refractivity (Wildman–Crippen MR) is 137 cm³/mol. The van der Waals surface area contributed by atoms with Crippen molar-refractivity contribution in [1.29, 1.82) is 0 Å². The molecule has 0 radical (unpaired) electrons. The Morgan fingerprint density at radius 1 is 0.821 bits per heavy atom. The summed E-state index contributed by atoms with van der Waals surface area (Å²) in [5, 5.41) is 11.5. The first-order valence-corrected chi connectivity index (χ1v) is 11.8. The van der Waals surface area contributed by atoms with E-state index in [4.69, 9.17) is 28.3 Å². The summed E-state index contributed by atoms with van der Waals surface area (Å²) < 4.78 is 41.5. The van der Waals surface area contributed by atoms with Crippen molar-refractivity contribution in [2.24, 2.45) is 0 Å². The highest BCUT2D eigenvalue weighted by Crippen LogP contribution is 2.28. The van der Waals surface area contributed by atoms with Gasteiger partial charge in [0.05, 0.1) is 6.42 Å². The fourth-order valence-corrected chi connectivity index (χ4v) is 3.87. The minimum atomic E-state index is -4.92. The molecule has 1 amide bonds. The highest BCUT2D eigenvalue weighted by atomic mass is 35.5. The molecular formula is C27H18Cl2F3NO6. The van der Waals surface area contributed by atoms with Gasteiger partial charge in [-0.3, -0.25) is 19.2 Å². The molecule has 0 unspecified atom stereocenters. The van der Waals surface area contributed by atoms with Gasteiger partial charge >= 0.3 is 12.3 Å². The van der Waals surface area contributed by atoms with Crippen molar-refractivity contribution >= 4 is 52.2 Å². The number of Topliss-reactive ketones (excluding diaryl/α,β-unsaturated/α-hetero) is 1. The van der Waals surface area contributed by atoms with Crippen LogP contribution < -0.4 is 10.1 Å². The third kappa shape index (κ3) is 8.69. The van der Waals surface area contributed by atoms with E-state index in [-0.39, 0.29) is 50.8 Å². The third-order valence-corrected chi connectivity index (χ3v) is 5.54. The number of hydrogen-bond donors (Lipinski definition) is 2. The summed E-state index contributed by atoms with van der Waals surface area (Å²) in [5.41, 5.74) is 0.250. The maximum absolute atomic E-state index is 13.4. The molecule has 0 saturated heterocycles. The summed E-state index contributed by atoms with van der Waals surface area (Å²) in [7, 11) is 0. The first-order chi connectivity index (χ1) is 18.3. The average molecular weight is 580 g/mol. The molecule has 7 nitrogen and oxygen atoms in total. The monoisotopic (exact) mass is 579 g/mol. The van der Waals surface area contributed by atoms with Crippen molar-refractivity contribution in [3.8, 4) is 5.75 Å². The second-order valence-electron chi connectivity index (χ2n) is 7.96. The number of carboxylic acids is 1. The van der Waals surface area contributed by atoms with E-state index in [0.717, 1.165) is 18.2 Å². The normalized spacial score (nSPS) is 11.6. The van der Waals surface area contributed by atoms with E-state index < -0.39 is 35.6 Å². The Morgan fingerprint density at radius 3 is 1.90 bits per heavy atom. The molecule has 3 aromatic rings. The van der Waals surface area contributed by atoms with Gasteiger partial charge in [-0.15, -0.1) is 13.2 Å². The van der Waals surface area contributed by atoms with Gasteiger partial charge in [0.1, 0.15) is 5.75 Å². The number of carbonyl (C=O) groups is 4. The number of amides is 1. The molecule has 0 fully saturated rings. The average Bonchev–Trinajstić information content (AvgIpc) is 2.85. The maximum atomic E-state index is 13.4. The Balaban J connectivity index is 1.95. The van der Waals surface area contributed by atoms with Crippen LogP contribution in [0.5, 0.6) is 5.75 Å². The Bertz CT molecular complexity index is 1420. The fourth-order valence-electron chi connectivity index (χ4n) is 3.34. The molecule has 3 rings (SSSR count). The van der Waals surface area contributed by atoms with Gasteiger partial charge in [0.2, 0.25) is 0 Å². The van der Waals surface area contributed by atoms with Crippen molar-refractivity contribution < 1.29 is 42.2 Å². The molecule has 0 atom stereocenters. The number of ketones is 2. The van der Waals surface area contributed by atoms with Crippen LogP contribution in [0, 0.1) is 0 Å². The zero-order valence-corrected chi connectivity index (χ0v) is 21.2. The lowest BCUT2D eigenvalue weighted by molar-refractivity contribution is -0.274. The van der Waals surface area contributed by atoms with Gasteiger partial charge < -0.3 is 15.2 Å². The van der Waals surface area contributed by atoms with Crippen LogP contribution in [-0.4, -0.2) is 41.5 Å². The van der Waals surface area contributed by atoms with Gasteiger partial charge in [0, 0.05) is 38.9 Å². The number of hydrogen-bond acceptors (Lipinski definition) is 5. The predicted octanol–water partition coefficient (Wildman–Crippen LogP) is 6.25. The Morgan fingerprint density at radius 2 is 1.36 bits per heavy atom. The number of aliphatic carboxylic acids is 1. The van der Waals surface area contributed by atoms with Crippen molar-refractivity contribution in [2.75, 3.05) is 6.54 Å². The molecule has 0 spiro atoms. The van der Waals surface area contributed by atoms with Crippen LogP contribution in [0.3, 0.4) is 0 Å². The van der Waals surface area contributed by atoms with Gasteiger partial charge in [-0.2, -0.15) is 0 Å². The molecule has 0 aromatic heterocycles. The second-order valence-corrected chi connectivity index (χ2v) is 8.83. The van der Waals surface area contributed by atoms with E-state index in [2.05, 4.69) is 10.1 Å². The van der Waals surface area contributed by atoms with Gasteiger partial charge in [-0.1, -0.05) is 47.5 Å². The van der Waals surface area contributed by atoms with Crippen LogP contribution in [0.2, 0.25) is 10.0 Å². The number of benzene rings is 3. The second kappa shape index (κ2) is 12.6. The molecule has 0 aliphatic heterocycles. The van der Waals surface area contributed by atoms with Crippen molar-refractivity contribution in [3.63, 3.8) is 0 Å². The number of rotatable bonds is 10. The maximum Gasteiger partial charge on any atom is 0.573 e. The molecule has 0 aliphatic rings. The molecule has 0 saturated carbocycles. The summed E-state index contributed by atoms with van der Waals surface area (Å²) in [6, 6.07) is 13.8. The van der Waals surface area contributed by atoms with Crippen LogP contribution in [0.4, 0.5) is 13.2 Å². The van der Waals surface area contributed by atoms with E-state index in [1.165, 1.54) is 54.6 Å². The highest BCUT2D eigenvalue weighted by molar-refractivity contribution is 6.36.